The summed E-state index contributed by atoms with van der Waals surface area (Å²) in [6.45, 7) is 2.19. The van der Waals surface area contributed by atoms with Crippen molar-refractivity contribution in [2.45, 2.75) is 44.2 Å². The summed E-state index contributed by atoms with van der Waals surface area (Å²) in [5.41, 5.74) is 10.9. The van der Waals surface area contributed by atoms with E-state index in [1.54, 1.807) is 0 Å². The molecule has 38 heavy (non-hydrogen) atoms. The van der Waals surface area contributed by atoms with Crippen LogP contribution in [0.1, 0.15) is 43.1 Å². The molecule has 2 saturated heterocycles. The van der Waals surface area contributed by atoms with Crippen molar-refractivity contribution in [1.29, 1.82) is 0 Å². The fourth-order valence-electron chi connectivity index (χ4n) is 6.47. The summed E-state index contributed by atoms with van der Waals surface area (Å²) in [6.07, 6.45) is 5.79. The Balaban J connectivity index is 1.06. The highest BCUT2D eigenvalue weighted by molar-refractivity contribution is 5.99. The molecule has 0 unspecified atom stereocenters. The van der Waals surface area contributed by atoms with E-state index < -0.39 is 0 Å². The minimum Gasteiger partial charge on any atom is -0.341 e. The van der Waals surface area contributed by atoms with E-state index in [4.69, 9.17) is 9.98 Å². The Kier molecular flexibility index (Phi) is 5.20. The number of nitrogens with one attached hydrogen (secondary N) is 3. The van der Waals surface area contributed by atoms with Gasteiger partial charge in [-0.15, -0.1) is 0 Å². The van der Waals surface area contributed by atoms with Crippen molar-refractivity contribution < 1.29 is 0 Å². The van der Waals surface area contributed by atoms with Crippen LogP contribution in [-0.2, 0) is 6.42 Å². The lowest BCUT2D eigenvalue weighted by Crippen LogP contribution is -2.30. The molecule has 0 saturated carbocycles. The van der Waals surface area contributed by atoms with Crippen molar-refractivity contribution in [1.82, 2.24) is 20.6 Å². The number of aromatic amines is 1. The standard InChI is InChI=1S/C33H31N5/c1-3-28(34-13-1)31-19-26-17-24(9-11-27(26)36-31)22-6-5-21-16-23(8-7-20(21)15-22)25-10-12-29-32(18-25)38-33(37-29)30-4-2-14-35-30/h5-12,15-18,28,30,34-35H,1-4,13-14,19H2,(H,37,38)/t28-,30-/m0/s1. The largest absolute Gasteiger partial charge is 0.341 e. The highest BCUT2D eigenvalue weighted by Crippen LogP contribution is 2.35. The maximum atomic E-state index is 4.94. The van der Waals surface area contributed by atoms with Crippen LogP contribution in [0.3, 0.4) is 0 Å². The van der Waals surface area contributed by atoms with E-state index in [0.717, 1.165) is 48.5 Å². The summed E-state index contributed by atoms with van der Waals surface area (Å²) in [7, 11) is 0. The zero-order valence-electron chi connectivity index (χ0n) is 21.4. The summed E-state index contributed by atoms with van der Waals surface area (Å²) in [6, 6.07) is 27.7. The van der Waals surface area contributed by atoms with E-state index in [1.165, 1.54) is 63.6 Å². The first kappa shape index (κ1) is 22.2. The molecular weight excluding hydrogens is 466 g/mol. The summed E-state index contributed by atoms with van der Waals surface area (Å²) >= 11 is 0. The van der Waals surface area contributed by atoms with E-state index >= 15 is 0 Å². The maximum absolute atomic E-state index is 4.94. The molecule has 0 spiro atoms. The van der Waals surface area contributed by atoms with E-state index in [-0.39, 0.29) is 0 Å². The van der Waals surface area contributed by atoms with Gasteiger partial charge in [0.15, 0.2) is 0 Å². The molecule has 188 valence electrons. The van der Waals surface area contributed by atoms with Crippen molar-refractivity contribution in [2.24, 2.45) is 4.99 Å². The Morgan fingerprint density at radius 1 is 0.658 bits per heavy atom. The molecule has 4 heterocycles. The average Bonchev–Trinajstić information content (AvgIpc) is 3.77. The lowest BCUT2D eigenvalue weighted by molar-refractivity contribution is 0.614. The lowest BCUT2D eigenvalue weighted by atomic mass is 9.96. The molecule has 1 aromatic heterocycles. The average molecular weight is 498 g/mol. The number of H-pyrrole nitrogens is 1. The molecule has 0 aliphatic carbocycles. The van der Waals surface area contributed by atoms with Crippen molar-refractivity contribution in [2.75, 3.05) is 13.1 Å². The third-order valence-corrected chi connectivity index (χ3v) is 8.58. The van der Waals surface area contributed by atoms with Gasteiger partial charge in [0, 0.05) is 18.2 Å². The molecule has 2 fully saturated rings. The molecule has 0 bridgehead atoms. The van der Waals surface area contributed by atoms with Crippen LogP contribution in [0.15, 0.2) is 77.8 Å². The van der Waals surface area contributed by atoms with Gasteiger partial charge in [0.1, 0.15) is 5.82 Å². The molecule has 3 N–H and O–H groups in total. The third-order valence-electron chi connectivity index (χ3n) is 8.58. The first-order chi connectivity index (χ1) is 18.8. The van der Waals surface area contributed by atoms with Crippen LogP contribution in [0.25, 0.3) is 44.1 Å². The van der Waals surface area contributed by atoms with Gasteiger partial charge in [-0.1, -0.05) is 36.4 Å². The van der Waals surface area contributed by atoms with Gasteiger partial charge in [-0.05, 0) is 114 Å². The number of hydrogen-bond acceptors (Lipinski definition) is 4. The van der Waals surface area contributed by atoms with E-state index in [1.807, 2.05) is 0 Å². The Morgan fingerprint density at radius 3 is 2.05 bits per heavy atom. The number of benzene rings is 4. The molecule has 0 amide bonds. The van der Waals surface area contributed by atoms with Gasteiger partial charge in [-0.2, -0.15) is 0 Å². The number of fused-ring (bicyclic) bond motifs is 3. The summed E-state index contributed by atoms with van der Waals surface area (Å²) < 4.78 is 0. The normalized spacial score (nSPS) is 20.9. The zero-order valence-corrected chi connectivity index (χ0v) is 21.4. The van der Waals surface area contributed by atoms with Crippen LogP contribution in [0.2, 0.25) is 0 Å². The molecule has 5 heteroatoms. The van der Waals surface area contributed by atoms with Gasteiger partial charge >= 0.3 is 0 Å². The van der Waals surface area contributed by atoms with Gasteiger partial charge in [0.25, 0.3) is 0 Å². The summed E-state index contributed by atoms with van der Waals surface area (Å²) in [5, 5.41) is 9.65. The number of nitrogens with zero attached hydrogens (tertiary/aromatic N) is 2. The van der Waals surface area contributed by atoms with Gasteiger partial charge in [0.2, 0.25) is 0 Å². The van der Waals surface area contributed by atoms with Crippen molar-refractivity contribution in [3.05, 3.63) is 84.2 Å². The van der Waals surface area contributed by atoms with Crippen molar-refractivity contribution in [3.8, 4) is 22.3 Å². The summed E-state index contributed by atoms with van der Waals surface area (Å²) in [5.74, 6) is 1.06. The topological polar surface area (TPSA) is 65.1 Å². The van der Waals surface area contributed by atoms with E-state index in [9.17, 15) is 0 Å². The van der Waals surface area contributed by atoms with Gasteiger partial charge in [-0.3, -0.25) is 4.99 Å². The van der Waals surface area contributed by atoms with Crippen LogP contribution < -0.4 is 10.6 Å². The van der Waals surface area contributed by atoms with Gasteiger partial charge < -0.3 is 15.6 Å². The predicted octanol–water partition coefficient (Wildman–Crippen LogP) is 6.86. The maximum Gasteiger partial charge on any atom is 0.124 e. The minimum atomic E-state index is 0.352. The van der Waals surface area contributed by atoms with Crippen molar-refractivity contribution >= 4 is 33.2 Å². The van der Waals surface area contributed by atoms with Crippen molar-refractivity contribution in [3.63, 3.8) is 0 Å². The Hall–Kier alpha value is -3.80. The van der Waals surface area contributed by atoms with Crippen LogP contribution in [-0.4, -0.2) is 34.8 Å². The van der Waals surface area contributed by atoms with E-state index in [2.05, 4.69) is 88.4 Å². The molecule has 5 aromatic rings. The van der Waals surface area contributed by atoms with Crippen LogP contribution >= 0.6 is 0 Å². The first-order valence-corrected chi connectivity index (χ1v) is 14.0. The molecule has 8 rings (SSSR count). The minimum absolute atomic E-state index is 0.352. The fraction of sp³-hybridized carbons (Fsp3) is 0.273. The fourth-order valence-corrected chi connectivity index (χ4v) is 6.47. The molecule has 3 aliphatic rings. The second-order valence-electron chi connectivity index (χ2n) is 11.1. The lowest BCUT2D eigenvalue weighted by Gasteiger charge is -2.09. The Bertz CT molecular complexity index is 1720. The Labute approximate surface area is 222 Å². The Morgan fingerprint density at radius 2 is 1.32 bits per heavy atom. The monoisotopic (exact) mass is 497 g/mol. The third kappa shape index (κ3) is 3.85. The number of aromatic nitrogens is 2. The number of aliphatic imine (C=N–C) groups is 1. The van der Waals surface area contributed by atoms with Crippen LogP contribution in [0, 0.1) is 0 Å². The molecular formula is C33H31N5. The molecule has 3 aliphatic heterocycles. The molecule has 0 radical (unpaired) electrons. The van der Waals surface area contributed by atoms with Crippen LogP contribution in [0.4, 0.5) is 5.69 Å². The smallest absolute Gasteiger partial charge is 0.124 e. The van der Waals surface area contributed by atoms with Gasteiger partial charge in [0.05, 0.1) is 22.8 Å². The molecule has 5 nitrogen and oxygen atoms in total. The summed E-state index contributed by atoms with van der Waals surface area (Å²) in [4.78, 5) is 13.3. The number of imidazole rings is 1. The predicted molar refractivity (Wildman–Crippen MR) is 156 cm³/mol. The number of hydrogen-bond donors (Lipinski definition) is 3. The highest BCUT2D eigenvalue weighted by atomic mass is 15.0. The number of rotatable bonds is 4. The highest BCUT2D eigenvalue weighted by Gasteiger charge is 2.25. The van der Waals surface area contributed by atoms with Gasteiger partial charge in [-0.25, -0.2) is 4.98 Å². The second kappa shape index (κ2) is 8.90. The second-order valence-corrected chi connectivity index (χ2v) is 11.1. The van der Waals surface area contributed by atoms with Crippen LogP contribution in [0.5, 0.6) is 0 Å². The molecule has 4 aromatic carbocycles. The quantitative estimate of drug-likeness (QED) is 0.254. The van der Waals surface area contributed by atoms with E-state index in [0.29, 0.717) is 12.1 Å². The SMILES string of the molecule is c1cc2c(cc1-c1ccc3cc(-c4ccc5nc([C@@H]6CCCN6)[nH]c5c4)ccc3c1)CC([C@@H]1CCCN1)=N2. The molecule has 2 atom stereocenters. The zero-order chi connectivity index (χ0) is 25.1. The first-order valence-electron chi connectivity index (χ1n) is 14.0.